The van der Waals surface area contributed by atoms with Crippen LogP contribution in [-0.4, -0.2) is 47.7 Å². The average molecular weight is 530 g/mol. The topological polar surface area (TPSA) is 137 Å². The monoisotopic (exact) mass is 529 g/mol. The van der Waals surface area contributed by atoms with E-state index < -0.39 is 17.6 Å². The predicted molar refractivity (Wildman–Crippen MR) is 152 cm³/mol. The lowest BCUT2D eigenvalue weighted by atomic mass is 10.0. The van der Waals surface area contributed by atoms with E-state index in [9.17, 15) is 14.4 Å². The SMILES string of the molecule is CC(C)(N)C(=O)N[C@@H]1CCc2ccccc2N(Cc2ccc(-c3ccccc3NC(=O)NCCO)cc2)C1=O. The number of benzene rings is 3. The number of hydrogen-bond acceptors (Lipinski definition) is 5. The van der Waals surface area contributed by atoms with Crippen molar-refractivity contribution >= 4 is 29.2 Å². The summed E-state index contributed by atoms with van der Waals surface area (Å²) in [6.45, 7) is 3.59. The van der Waals surface area contributed by atoms with Gasteiger partial charge in [-0.25, -0.2) is 4.79 Å². The van der Waals surface area contributed by atoms with Gasteiger partial charge in [0.05, 0.1) is 24.4 Å². The third-order valence-electron chi connectivity index (χ3n) is 6.62. The molecule has 0 saturated heterocycles. The molecule has 4 amide bonds. The first-order valence-corrected chi connectivity index (χ1v) is 13.0. The molecule has 1 aliphatic rings. The Morgan fingerprint density at radius 3 is 2.44 bits per heavy atom. The summed E-state index contributed by atoms with van der Waals surface area (Å²) in [4.78, 5) is 40.2. The van der Waals surface area contributed by atoms with Crippen molar-refractivity contribution in [2.45, 2.75) is 44.8 Å². The third-order valence-corrected chi connectivity index (χ3v) is 6.62. The fourth-order valence-corrected chi connectivity index (χ4v) is 4.51. The predicted octanol–water partition coefficient (Wildman–Crippen LogP) is 3.17. The minimum atomic E-state index is -1.09. The van der Waals surface area contributed by atoms with E-state index in [-0.39, 0.29) is 25.0 Å². The number of fused-ring (bicyclic) bond motifs is 1. The highest BCUT2D eigenvalue weighted by atomic mass is 16.3. The van der Waals surface area contributed by atoms with E-state index in [2.05, 4.69) is 16.0 Å². The zero-order valence-corrected chi connectivity index (χ0v) is 22.2. The minimum absolute atomic E-state index is 0.140. The molecule has 4 rings (SSSR count). The molecule has 3 aromatic rings. The van der Waals surface area contributed by atoms with Crippen LogP contribution in [0.15, 0.2) is 72.8 Å². The van der Waals surface area contributed by atoms with Crippen LogP contribution < -0.4 is 26.6 Å². The molecule has 1 heterocycles. The molecule has 1 aliphatic heterocycles. The van der Waals surface area contributed by atoms with Crippen molar-refractivity contribution in [1.82, 2.24) is 10.6 Å². The normalized spacial score (nSPS) is 15.2. The lowest BCUT2D eigenvalue weighted by Gasteiger charge is -2.28. The number of carbonyl (C=O) groups is 3. The van der Waals surface area contributed by atoms with Gasteiger partial charge in [-0.2, -0.15) is 0 Å². The van der Waals surface area contributed by atoms with Crippen LogP contribution >= 0.6 is 0 Å². The van der Waals surface area contributed by atoms with Crippen molar-refractivity contribution in [2.24, 2.45) is 5.73 Å². The van der Waals surface area contributed by atoms with Gasteiger partial charge >= 0.3 is 6.03 Å². The van der Waals surface area contributed by atoms with E-state index in [0.717, 1.165) is 27.9 Å². The molecule has 0 fully saturated rings. The van der Waals surface area contributed by atoms with Gasteiger partial charge < -0.3 is 31.7 Å². The molecular formula is C30H35N5O4. The molecule has 3 aromatic carbocycles. The second-order valence-corrected chi connectivity index (χ2v) is 10.2. The van der Waals surface area contributed by atoms with Gasteiger partial charge in [0, 0.05) is 17.8 Å². The Balaban J connectivity index is 1.57. The highest BCUT2D eigenvalue weighted by molar-refractivity contribution is 6.01. The van der Waals surface area contributed by atoms with Crippen molar-refractivity contribution in [3.05, 3.63) is 83.9 Å². The largest absolute Gasteiger partial charge is 0.395 e. The maximum atomic E-state index is 13.7. The summed E-state index contributed by atoms with van der Waals surface area (Å²) >= 11 is 0. The highest BCUT2D eigenvalue weighted by Gasteiger charge is 2.34. The molecule has 0 aliphatic carbocycles. The maximum absolute atomic E-state index is 13.7. The smallest absolute Gasteiger partial charge is 0.319 e. The quantitative estimate of drug-likeness (QED) is 0.305. The van der Waals surface area contributed by atoms with E-state index in [1.54, 1.807) is 18.7 Å². The Morgan fingerprint density at radius 2 is 1.72 bits per heavy atom. The van der Waals surface area contributed by atoms with Crippen LogP contribution in [0.2, 0.25) is 0 Å². The molecule has 204 valence electrons. The molecule has 0 saturated carbocycles. The zero-order valence-electron chi connectivity index (χ0n) is 22.2. The van der Waals surface area contributed by atoms with Crippen molar-refractivity contribution in [1.29, 1.82) is 0 Å². The molecule has 6 N–H and O–H groups in total. The number of aryl methyl sites for hydroxylation is 1. The number of aliphatic hydroxyl groups excluding tert-OH is 1. The number of carbonyl (C=O) groups excluding carboxylic acids is 3. The lowest BCUT2D eigenvalue weighted by molar-refractivity contribution is -0.130. The summed E-state index contributed by atoms with van der Waals surface area (Å²) in [5.74, 6) is -0.543. The highest BCUT2D eigenvalue weighted by Crippen LogP contribution is 2.31. The molecule has 0 aromatic heterocycles. The van der Waals surface area contributed by atoms with Crippen molar-refractivity contribution in [2.75, 3.05) is 23.4 Å². The summed E-state index contributed by atoms with van der Waals surface area (Å²) in [6.07, 6.45) is 1.14. The summed E-state index contributed by atoms with van der Waals surface area (Å²) in [7, 11) is 0. The molecule has 0 bridgehead atoms. The standard InChI is InChI=1S/C30H35N5O4/c1-30(2,31)28(38)33-25-16-15-22-7-3-6-10-26(22)35(27(25)37)19-20-11-13-21(14-12-20)23-8-4-5-9-24(23)34-29(39)32-17-18-36/h3-14,25,36H,15-19,31H2,1-2H3,(H,33,38)(H2,32,34,39)/t25-/m1/s1. The summed E-state index contributed by atoms with van der Waals surface area (Å²) in [6, 6.07) is 22.0. The first-order chi connectivity index (χ1) is 18.7. The first-order valence-electron chi connectivity index (χ1n) is 13.0. The van der Waals surface area contributed by atoms with E-state index in [1.807, 2.05) is 72.8 Å². The Hall–Kier alpha value is -4.21. The molecule has 0 unspecified atom stereocenters. The van der Waals surface area contributed by atoms with Crippen molar-refractivity contribution < 1.29 is 19.5 Å². The van der Waals surface area contributed by atoms with Crippen LogP contribution in [0.1, 0.15) is 31.4 Å². The van der Waals surface area contributed by atoms with Crippen LogP contribution in [0.4, 0.5) is 16.2 Å². The van der Waals surface area contributed by atoms with Crippen molar-refractivity contribution in [3.8, 4) is 11.1 Å². The summed E-state index contributed by atoms with van der Waals surface area (Å²) in [5, 5.41) is 17.2. The maximum Gasteiger partial charge on any atom is 0.319 e. The zero-order chi connectivity index (χ0) is 28.0. The summed E-state index contributed by atoms with van der Waals surface area (Å²) < 4.78 is 0. The van der Waals surface area contributed by atoms with Gasteiger partial charge in [0.1, 0.15) is 6.04 Å². The molecule has 9 nitrogen and oxygen atoms in total. The van der Waals surface area contributed by atoms with Crippen LogP contribution in [0.25, 0.3) is 11.1 Å². The first kappa shape index (κ1) is 27.8. The molecule has 9 heteroatoms. The molecule has 0 spiro atoms. The molecule has 0 radical (unpaired) electrons. The molecule has 1 atom stereocenters. The fraction of sp³-hybridized carbons (Fsp3) is 0.300. The number of urea groups is 1. The molecular weight excluding hydrogens is 494 g/mol. The van der Waals surface area contributed by atoms with Gasteiger partial charge in [-0.1, -0.05) is 60.7 Å². The Labute approximate surface area is 228 Å². The summed E-state index contributed by atoms with van der Waals surface area (Å²) in [5.41, 5.74) is 10.0. The van der Waals surface area contributed by atoms with Gasteiger partial charge in [0.25, 0.3) is 0 Å². The number of nitrogens with zero attached hydrogens (tertiary/aromatic N) is 1. The van der Waals surface area contributed by atoms with Crippen LogP contribution in [0.3, 0.4) is 0 Å². The second kappa shape index (κ2) is 12.1. The van der Waals surface area contributed by atoms with Crippen LogP contribution in [-0.2, 0) is 22.6 Å². The van der Waals surface area contributed by atoms with Crippen LogP contribution in [0, 0.1) is 0 Å². The van der Waals surface area contributed by atoms with E-state index in [0.29, 0.717) is 25.1 Å². The number of aliphatic hydroxyl groups is 1. The number of rotatable bonds is 8. The van der Waals surface area contributed by atoms with Gasteiger partial charge in [-0.3, -0.25) is 9.59 Å². The fourth-order valence-electron chi connectivity index (χ4n) is 4.51. The lowest BCUT2D eigenvalue weighted by Crippen LogP contribution is -2.56. The average Bonchev–Trinajstić information content (AvgIpc) is 3.04. The van der Waals surface area contributed by atoms with Crippen LogP contribution in [0.5, 0.6) is 0 Å². The number of nitrogens with one attached hydrogen (secondary N) is 3. The van der Waals surface area contributed by atoms with Gasteiger partial charge in [-0.05, 0) is 55.5 Å². The minimum Gasteiger partial charge on any atom is -0.395 e. The van der Waals surface area contributed by atoms with Gasteiger partial charge in [0.2, 0.25) is 11.8 Å². The van der Waals surface area contributed by atoms with E-state index >= 15 is 0 Å². The van der Waals surface area contributed by atoms with E-state index in [4.69, 9.17) is 10.8 Å². The Morgan fingerprint density at radius 1 is 1.03 bits per heavy atom. The van der Waals surface area contributed by atoms with E-state index in [1.165, 1.54) is 0 Å². The number of nitrogens with two attached hydrogens (primary N) is 1. The van der Waals surface area contributed by atoms with Crippen molar-refractivity contribution in [3.63, 3.8) is 0 Å². The van der Waals surface area contributed by atoms with Gasteiger partial charge in [-0.15, -0.1) is 0 Å². The number of hydrogen-bond donors (Lipinski definition) is 5. The second-order valence-electron chi connectivity index (χ2n) is 10.2. The number of anilines is 2. The Kier molecular flexibility index (Phi) is 8.63. The Bertz CT molecular complexity index is 1330. The third kappa shape index (κ3) is 6.81. The number of amides is 4. The number of para-hydroxylation sites is 2. The molecule has 39 heavy (non-hydrogen) atoms. The van der Waals surface area contributed by atoms with Gasteiger partial charge in [0.15, 0.2) is 0 Å².